The van der Waals surface area contributed by atoms with Crippen LogP contribution in [-0.2, 0) is 23.1 Å². The molecule has 0 amide bonds. The maximum absolute atomic E-state index is 14.0. The van der Waals surface area contributed by atoms with Crippen molar-refractivity contribution in [2.75, 3.05) is 32.4 Å². The molecule has 31 heavy (non-hydrogen) atoms. The Morgan fingerprint density at radius 2 is 1.90 bits per heavy atom. The molecule has 2 aromatic carbocycles. The third-order valence-electron chi connectivity index (χ3n) is 5.31. The molecular weight excluding hydrogens is 418 g/mol. The first kappa shape index (κ1) is 23.3. The molecule has 0 bridgehead atoms. The number of aliphatic imine (C=N–C) groups is 1. The van der Waals surface area contributed by atoms with Crippen molar-refractivity contribution in [3.8, 4) is 0 Å². The molecule has 0 aliphatic carbocycles. The van der Waals surface area contributed by atoms with Gasteiger partial charge in [-0.05, 0) is 37.1 Å². The van der Waals surface area contributed by atoms with Gasteiger partial charge in [-0.1, -0.05) is 36.4 Å². The summed E-state index contributed by atoms with van der Waals surface area (Å²) in [5.74, 6) is 0.713. The summed E-state index contributed by atoms with van der Waals surface area (Å²) in [6.07, 6.45) is 1.89. The molecular formula is C23H30F2N4OS. The molecule has 0 spiro atoms. The summed E-state index contributed by atoms with van der Waals surface area (Å²) in [5, 5.41) is 6.61. The molecule has 0 aromatic heterocycles. The van der Waals surface area contributed by atoms with Crippen molar-refractivity contribution >= 4 is 16.8 Å². The number of piperidine rings is 1. The number of halogens is 2. The molecule has 1 saturated heterocycles. The zero-order chi connectivity index (χ0) is 22.1. The number of hydrogen-bond donors (Lipinski definition) is 2. The highest BCUT2D eigenvalue weighted by Gasteiger charge is 2.22. The van der Waals surface area contributed by atoms with Gasteiger partial charge in [-0.3, -0.25) is 14.1 Å². The third kappa shape index (κ3) is 7.40. The lowest BCUT2D eigenvalue weighted by Gasteiger charge is -2.34. The van der Waals surface area contributed by atoms with E-state index in [9.17, 15) is 13.0 Å². The summed E-state index contributed by atoms with van der Waals surface area (Å²) in [4.78, 5) is 6.32. The van der Waals surface area contributed by atoms with Gasteiger partial charge in [0, 0.05) is 60.6 Å². The molecule has 1 fully saturated rings. The van der Waals surface area contributed by atoms with Crippen molar-refractivity contribution in [3.63, 3.8) is 0 Å². The van der Waals surface area contributed by atoms with E-state index in [-0.39, 0.29) is 18.2 Å². The van der Waals surface area contributed by atoms with E-state index in [0.29, 0.717) is 30.6 Å². The summed E-state index contributed by atoms with van der Waals surface area (Å²) in [6.45, 7) is 2.28. The predicted octanol–water partition coefficient (Wildman–Crippen LogP) is 3.04. The highest BCUT2D eigenvalue weighted by molar-refractivity contribution is 7.84. The van der Waals surface area contributed by atoms with Crippen LogP contribution in [0.25, 0.3) is 0 Å². The van der Waals surface area contributed by atoms with Gasteiger partial charge in [0.2, 0.25) is 0 Å². The maximum atomic E-state index is 14.0. The average molecular weight is 449 g/mol. The van der Waals surface area contributed by atoms with Gasteiger partial charge in [-0.25, -0.2) is 8.78 Å². The summed E-state index contributed by atoms with van der Waals surface area (Å²) in [5.41, 5.74) is 1.18. The van der Waals surface area contributed by atoms with E-state index < -0.39 is 22.4 Å². The molecule has 2 N–H and O–H groups in total. The summed E-state index contributed by atoms with van der Waals surface area (Å²) < 4.78 is 40.2. The number of likely N-dealkylation sites (tertiary alicyclic amines) is 1. The Bertz CT molecular complexity index is 874. The van der Waals surface area contributed by atoms with Crippen molar-refractivity contribution in [3.05, 3.63) is 71.3 Å². The van der Waals surface area contributed by atoms with E-state index in [1.165, 1.54) is 18.2 Å². The molecule has 1 aliphatic rings. The van der Waals surface area contributed by atoms with Crippen LogP contribution < -0.4 is 10.6 Å². The van der Waals surface area contributed by atoms with Crippen LogP contribution in [0, 0.1) is 11.6 Å². The number of benzene rings is 2. The van der Waals surface area contributed by atoms with Crippen LogP contribution in [0.3, 0.4) is 0 Å². The van der Waals surface area contributed by atoms with Gasteiger partial charge in [-0.15, -0.1) is 0 Å². The molecule has 8 heteroatoms. The Balaban J connectivity index is 1.44. The summed E-state index contributed by atoms with van der Waals surface area (Å²) in [7, 11) is 0.746. The van der Waals surface area contributed by atoms with Crippen LogP contribution in [0.4, 0.5) is 8.78 Å². The topological polar surface area (TPSA) is 56.7 Å². The molecule has 0 radical (unpaired) electrons. The minimum atomic E-state index is -0.954. The molecule has 168 valence electrons. The lowest BCUT2D eigenvalue weighted by Crippen LogP contribution is -2.51. The Kier molecular flexibility index (Phi) is 8.97. The first-order valence-electron chi connectivity index (χ1n) is 10.6. The van der Waals surface area contributed by atoms with E-state index in [4.69, 9.17) is 0 Å². The Labute approximate surface area is 185 Å². The number of rotatable bonds is 8. The molecule has 2 atom stereocenters. The number of hydrogen-bond acceptors (Lipinski definition) is 3. The molecule has 2 unspecified atom stereocenters. The van der Waals surface area contributed by atoms with Crippen molar-refractivity contribution in [2.45, 2.75) is 31.2 Å². The van der Waals surface area contributed by atoms with Gasteiger partial charge < -0.3 is 10.6 Å². The van der Waals surface area contributed by atoms with Crippen LogP contribution in [0.2, 0.25) is 0 Å². The monoisotopic (exact) mass is 448 g/mol. The van der Waals surface area contributed by atoms with Crippen LogP contribution in [-0.4, -0.2) is 53.5 Å². The van der Waals surface area contributed by atoms with Gasteiger partial charge >= 0.3 is 0 Å². The summed E-state index contributed by atoms with van der Waals surface area (Å²) in [6, 6.07) is 13.9. The quantitative estimate of drug-likeness (QED) is 0.482. The molecule has 0 saturated carbocycles. The third-order valence-corrected chi connectivity index (χ3v) is 6.62. The molecule has 1 heterocycles. The van der Waals surface area contributed by atoms with Gasteiger partial charge in [-0.2, -0.15) is 0 Å². The van der Waals surface area contributed by atoms with Crippen LogP contribution in [0.1, 0.15) is 24.0 Å². The standard InChI is InChI=1S/C23H30F2N4OS/c1-26-23(27-12-14-31(30)17-18-7-3-2-4-8-18)28-19-9-6-13-29(15-19)16-20-21(24)10-5-11-22(20)25/h2-5,7-8,10-11,19H,6,9,12-17H2,1H3,(H2,26,27,28). The fraction of sp³-hybridized carbons (Fsp3) is 0.435. The highest BCUT2D eigenvalue weighted by atomic mass is 32.2. The Morgan fingerprint density at radius 3 is 2.61 bits per heavy atom. The molecule has 2 aromatic rings. The Hall–Kier alpha value is -2.32. The molecule has 3 rings (SSSR count). The molecule has 5 nitrogen and oxygen atoms in total. The van der Waals surface area contributed by atoms with Crippen molar-refractivity contribution in [2.24, 2.45) is 4.99 Å². The second kappa shape index (κ2) is 11.9. The lowest BCUT2D eigenvalue weighted by atomic mass is 10.0. The first-order valence-corrected chi connectivity index (χ1v) is 12.1. The highest BCUT2D eigenvalue weighted by Crippen LogP contribution is 2.18. The largest absolute Gasteiger partial charge is 0.355 e. The van der Waals surface area contributed by atoms with Gasteiger partial charge in [0.05, 0.1) is 0 Å². The number of guanidine groups is 1. The van der Waals surface area contributed by atoms with Gasteiger partial charge in [0.25, 0.3) is 0 Å². The summed E-state index contributed by atoms with van der Waals surface area (Å²) >= 11 is 0. The van der Waals surface area contributed by atoms with E-state index in [0.717, 1.165) is 24.9 Å². The fourth-order valence-electron chi connectivity index (χ4n) is 3.73. The van der Waals surface area contributed by atoms with Crippen LogP contribution in [0.5, 0.6) is 0 Å². The normalized spacial score (nSPS) is 18.5. The minimum absolute atomic E-state index is 0.117. The SMILES string of the molecule is CN=C(NCCS(=O)Cc1ccccc1)NC1CCCN(Cc2c(F)cccc2F)C1. The van der Waals surface area contributed by atoms with E-state index >= 15 is 0 Å². The van der Waals surface area contributed by atoms with Crippen molar-refractivity contribution in [1.29, 1.82) is 0 Å². The number of nitrogens with zero attached hydrogens (tertiary/aromatic N) is 2. The number of nitrogens with one attached hydrogen (secondary N) is 2. The maximum Gasteiger partial charge on any atom is 0.191 e. The minimum Gasteiger partial charge on any atom is -0.355 e. The first-order chi connectivity index (χ1) is 15.0. The second-order valence-corrected chi connectivity index (χ2v) is 9.27. The van der Waals surface area contributed by atoms with Crippen molar-refractivity contribution < 1.29 is 13.0 Å². The Morgan fingerprint density at radius 1 is 1.16 bits per heavy atom. The van der Waals surface area contributed by atoms with Crippen LogP contribution in [0.15, 0.2) is 53.5 Å². The predicted molar refractivity (Wildman–Crippen MR) is 122 cm³/mol. The van der Waals surface area contributed by atoms with E-state index in [1.54, 1.807) is 7.05 Å². The smallest absolute Gasteiger partial charge is 0.191 e. The van der Waals surface area contributed by atoms with Gasteiger partial charge in [0.15, 0.2) is 5.96 Å². The zero-order valence-electron chi connectivity index (χ0n) is 17.8. The zero-order valence-corrected chi connectivity index (χ0v) is 18.6. The van der Waals surface area contributed by atoms with Crippen LogP contribution >= 0.6 is 0 Å². The van der Waals surface area contributed by atoms with Gasteiger partial charge in [0.1, 0.15) is 11.6 Å². The lowest BCUT2D eigenvalue weighted by molar-refractivity contribution is 0.188. The average Bonchev–Trinajstić information content (AvgIpc) is 2.76. The van der Waals surface area contributed by atoms with Crippen molar-refractivity contribution in [1.82, 2.24) is 15.5 Å². The van der Waals surface area contributed by atoms with E-state index in [1.807, 2.05) is 30.3 Å². The fourth-order valence-corrected chi connectivity index (χ4v) is 4.77. The molecule has 1 aliphatic heterocycles. The second-order valence-electron chi connectivity index (χ2n) is 7.69. The van der Waals surface area contributed by atoms with E-state index in [2.05, 4.69) is 20.5 Å².